The van der Waals surface area contributed by atoms with Crippen LogP contribution in [-0.4, -0.2) is 33.2 Å². The first-order valence-corrected chi connectivity index (χ1v) is 13.0. The van der Waals surface area contributed by atoms with Gasteiger partial charge in [-0.05, 0) is 56.0 Å². The van der Waals surface area contributed by atoms with Gasteiger partial charge in [-0.3, -0.25) is 4.52 Å². The quantitative estimate of drug-likeness (QED) is 0.172. The average Bonchev–Trinajstić information content (AvgIpc) is 3.29. The molecule has 0 spiro atoms. The first kappa shape index (κ1) is 28.2. The molecule has 8 nitrogen and oxygen atoms in total. The highest BCUT2D eigenvalue weighted by molar-refractivity contribution is 7.46. The van der Waals surface area contributed by atoms with Crippen molar-refractivity contribution in [2.75, 3.05) is 13.2 Å². The number of aryl methyl sites for hydroxylation is 1. The molecule has 0 fully saturated rings. The lowest BCUT2D eigenvalue weighted by Gasteiger charge is -2.21. The van der Waals surface area contributed by atoms with Gasteiger partial charge in [0.05, 0.1) is 24.3 Å². The summed E-state index contributed by atoms with van der Waals surface area (Å²) in [5, 5.41) is 7.97. The number of halogens is 4. The van der Waals surface area contributed by atoms with Gasteiger partial charge in [-0.15, -0.1) is 10.2 Å². The fraction of sp³-hybridized carbons (Fsp3) is 0.364. The Bertz CT molecular complexity index is 1230. The van der Waals surface area contributed by atoms with Crippen molar-refractivity contribution in [2.45, 2.75) is 37.9 Å². The lowest BCUT2D eigenvalue weighted by molar-refractivity contribution is -0.138. The van der Waals surface area contributed by atoms with E-state index in [0.717, 1.165) is 17.4 Å². The fourth-order valence-electron chi connectivity index (χ4n) is 3.16. The molecule has 196 valence electrons. The van der Waals surface area contributed by atoms with Gasteiger partial charge in [-0.2, -0.15) is 13.2 Å². The number of hydrogen-bond acceptors (Lipinski definition) is 7. The van der Waals surface area contributed by atoms with E-state index in [0.29, 0.717) is 24.8 Å². The minimum absolute atomic E-state index is 0.0188. The van der Waals surface area contributed by atoms with Crippen LogP contribution in [0.1, 0.15) is 35.9 Å². The summed E-state index contributed by atoms with van der Waals surface area (Å²) in [6, 6.07) is 9.79. The number of nitrogens with zero attached hydrogens (tertiary/aromatic N) is 2. The second-order valence-electron chi connectivity index (χ2n) is 8.20. The minimum Gasteiger partial charge on any atom is -0.493 e. The smallest absolute Gasteiger partial charge is 0.469 e. The molecule has 4 N–H and O–H groups in total. The Morgan fingerprint density at radius 2 is 1.83 bits per heavy atom. The zero-order chi connectivity index (χ0) is 26.6. The molecule has 0 aliphatic rings. The lowest BCUT2D eigenvalue weighted by Crippen LogP contribution is -2.37. The van der Waals surface area contributed by atoms with E-state index in [1.165, 1.54) is 25.1 Å². The van der Waals surface area contributed by atoms with Crippen LogP contribution in [0, 0.1) is 5.82 Å². The van der Waals surface area contributed by atoms with Crippen LogP contribution in [0.25, 0.3) is 10.6 Å². The molecule has 0 aliphatic carbocycles. The molecule has 0 radical (unpaired) electrons. The maximum atomic E-state index is 13.7. The van der Waals surface area contributed by atoms with Gasteiger partial charge in [0.1, 0.15) is 21.6 Å². The SMILES string of the molecule is C[C@](N)(COP(=O)(O)O)c1nnc(-c2ccc(OCCCCc3ccccc3F)c(C(F)(F)F)c2)s1. The van der Waals surface area contributed by atoms with Crippen molar-refractivity contribution in [2.24, 2.45) is 5.73 Å². The third-order valence-corrected chi connectivity index (χ3v) is 6.75. The highest BCUT2D eigenvalue weighted by Crippen LogP contribution is 2.41. The summed E-state index contributed by atoms with van der Waals surface area (Å²) < 4.78 is 75.6. The molecule has 3 aromatic rings. The number of nitrogens with two attached hydrogens (primary N) is 1. The van der Waals surface area contributed by atoms with Crippen molar-refractivity contribution in [1.82, 2.24) is 10.2 Å². The number of phosphoric ester groups is 1. The number of phosphoric acid groups is 1. The van der Waals surface area contributed by atoms with Gasteiger partial charge in [0.15, 0.2) is 0 Å². The molecule has 0 aliphatic heterocycles. The first-order chi connectivity index (χ1) is 16.8. The molecule has 3 rings (SSSR count). The summed E-state index contributed by atoms with van der Waals surface area (Å²) in [7, 11) is -4.78. The average molecular weight is 549 g/mol. The van der Waals surface area contributed by atoms with E-state index in [-0.39, 0.29) is 33.8 Å². The van der Waals surface area contributed by atoms with Crippen LogP contribution in [0.4, 0.5) is 17.6 Å². The molecule has 14 heteroatoms. The molecule has 1 aromatic heterocycles. The van der Waals surface area contributed by atoms with E-state index in [1.807, 2.05) is 0 Å². The second-order valence-corrected chi connectivity index (χ2v) is 10.4. The third-order valence-electron chi connectivity index (χ3n) is 5.03. The van der Waals surface area contributed by atoms with E-state index in [2.05, 4.69) is 14.7 Å². The van der Waals surface area contributed by atoms with Crippen LogP contribution < -0.4 is 10.5 Å². The normalized spacial score (nSPS) is 14.0. The van der Waals surface area contributed by atoms with Crippen LogP contribution in [0.3, 0.4) is 0 Å². The number of alkyl halides is 3. The van der Waals surface area contributed by atoms with Gasteiger partial charge in [0, 0.05) is 5.56 Å². The fourth-order valence-corrected chi connectivity index (χ4v) is 4.48. The Kier molecular flexibility index (Phi) is 8.86. The summed E-state index contributed by atoms with van der Waals surface area (Å²) in [5.41, 5.74) is 4.23. The summed E-state index contributed by atoms with van der Waals surface area (Å²) in [4.78, 5) is 17.7. The summed E-state index contributed by atoms with van der Waals surface area (Å²) in [6.07, 6.45) is -3.29. The molecule has 0 bridgehead atoms. The van der Waals surface area contributed by atoms with Gasteiger partial charge < -0.3 is 20.3 Å². The lowest BCUT2D eigenvalue weighted by atomic mass is 10.1. The minimum atomic E-state index is -4.78. The second kappa shape index (κ2) is 11.3. The Balaban J connectivity index is 1.69. The van der Waals surface area contributed by atoms with Gasteiger partial charge in [0.25, 0.3) is 0 Å². The van der Waals surface area contributed by atoms with Crippen LogP contribution in [0.5, 0.6) is 5.75 Å². The zero-order valence-corrected chi connectivity index (χ0v) is 20.7. The number of benzene rings is 2. The van der Waals surface area contributed by atoms with Crippen LogP contribution in [-0.2, 0) is 27.2 Å². The third kappa shape index (κ3) is 7.79. The largest absolute Gasteiger partial charge is 0.493 e. The van der Waals surface area contributed by atoms with Gasteiger partial charge in [-0.1, -0.05) is 29.5 Å². The van der Waals surface area contributed by atoms with Crippen molar-refractivity contribution in [3.63, 3.8) is 0 Å². The summed E-state index contributed by atoms with van der Waals surface area (Å²) >= 11 is 0.873. The van der Waals surface area contributed by atoms with E-state index < -0.39 is 31.7 Å². The van der Waals surface area contributed by atoms with Crippen molar-refractivity contribution in [3.05, 3.63) is 64.4 Å². The molecular weight excluding hydrogens is 525 g/mol. The van der Waals surface area contributed by atoms with Crippen molar-refractivity contribution in [3.8, 4) is 16.3 Å². The maximum absolute atomic E-state index is 13.7. The van der Waals surface area contributed by atoms with E-state index in [9.17, 15) is 22.1 Å². The van der Waals surface area contributed by atoms with Crippen molar-refractivity contribution < 1.29 is 41.2 Å². The highest BCUT2D eigenvalue weighted by atomic mass is 32.1. The number of rotatable bonds is 11. The van der Waals surface area contributed by atoms with E-state index in [4.69, 9.17) is 20.3 Å². The Morgan fingerprint density at radius 3 is 2.50 bits per heavy atom. The van der Waals surface area contributed by atoms with Gasteiger partial charge in [0.2, 0.25) is 0 Å². The van der Waals surface area contributed by atoms with E-state index in [1.54, 1.807) is 18.2 Å². The number of aromatic nitrogens is 2. The number of ether oxygens (including phenoxy) is 1. The first-order valence-electron chi connectivity index (χ1n) is 10.7. The molecule has 0 saturated heterocycles. The molecule has 1 heterocycles. The molecule has 2 aromatic carbocycles. The number of hydrogen-bond donors (Lipinski definition) is 3. The van der Waals surface area contributed by atoms with Crippen molar-refractivity contribution >= 4 is 19.2 Å². The standard InChI is InChI=1S/C22H24F4N3O5PS/c1-21(27,13-34-35(30,31)32)20-29-28-19(36-20)15-9-10-18(16(12-15)22(24,25)26)33-11-5-4-7-14-6-2-3-8-17(14)23/h2-3,6,8-10,12H,4-5,7,11,13,27H2,1H3,(H2,30,31,32)/t21-/m0/s1. The predicted octanol–water partition coefficient (Wildman–Crippen LogP) is 5.05. The predicted molar refractivity (Wildman–Crippen MR) is 125 cm³/mol. The summed E-state index contributed by atoms with van der Waals surface area (Å²) in [6.45, 7) is 0.839. The van der Waals surface area contributed by atoms with Crippen LogP contribution >= 0.6 is 19.2 Å². The Morgan fingerprint density at radius 1 is 1.11 bits per heavy atom. The Hall–Kier alpha value is -2.41. The van der Waals surface area contributed by atoms with Gasteiger partial charge in [-0.25, -0.2) is 8.96 Å². The van der Waals surface area contributed by atoms with Crippen LogP contribution in [0.2, 0.25) is 0 Å². The van der Waals surface area contributed by atoms with Crippen LogP contribution in [0.15, 0.2) is 42.5 Å². The molecule has 0 amide bonds. The molecule has 1 atom stereocenters. The van der Waals surface area contributed by atoms with E-state index >= 15 is 0 Å². The molecule has 0 saturated carbocycles. The Labute approximate surface area is 208 Å². The van der Waals surface area contributed by atoms with Crippen molar-refractivity contribution in [1.29, 1.82) is 0 Å². The summed E-state index contributed by atoms with van der Waals surface area (Å²) in [5.74, 6) is -0.668. The zero-order valence-electron chi connectivity index (χ0n) is 19.0. The van der Waals surface area contributed by atoms with Gasteiger partial charge >= 0.3 is 14.0 Å². The molecular formula is C22H24F4N3O5PS. The molecule has 0 unspecified atom stereocenters. The highest BCUT2D eigenvalue weighted by Gasteiger charge is 2.35. The monoisotopic (exact) mass is 549 g/mol. The number of unbranched alkanes of at least 4 members (excludes halogenated alkanes) is 1. The molecule has 36 heavy (non-hydrogen) atoms. The topological polar surface area (TPSA) is 128 Å². The maximum Gasteiger partial charge on any atom is 0.469 e.